The predicted molar refractivity (Wildman–Crippen MR) is 60.8 cm³/mol. The maximum atomic E-state index is 11.6. The number of alkyl carbamates (subject to hydrolysis) is 1. The molecule has 0 saturated heterocycles. The zero-order valence-corrected chi connectivity index (χ0v) is 10.3. The number of carbonyl (C=O) groups excluding carboxylic acids is 1. The van der Waals surface area contributed by atoms with Crippen LogP contribution in [0.5, 0.6) is 0 Å². The van der Waals surface area contributed by atoms with Crippen LogP contribution in [0.1, 0.15) is 52.9 Å². The Morgan fingerprint density at radius 1 is 1.50 bits per heavy atom. The molecule has 0 radical (unpaired) electrons. The maximum Gasteiger partial charge on any atom is 0.408 e. The fourth-order valence-electron chi connectivity index (χ4n) is 1.86. The lowest BCUT2D eigenvalue weighted by atomic mass is 9.74. The van der Waals surface area contributed by atoms with E-state index in [0.29, 0.717) is 6.42 Å². The van der Waals surface area contributed by atoms with Crippen LogP contribution in [0.3, 0.4) is 0 Å². The second kappa shape index (κ2) is 4.73. The van der Waals surface area contributed by atoms with Crippen LogP contribution < -0.4 is 5.32 Å². The summed E-state index contributed by atoms with van der Waals surface area (Å²) in [6.07, 6.45) is 3.85. The van der Waals surface area contributed by atoms with Crippen LogP contribution >= 0.6 is 0 Å². The summed E-state index contributed by atoms with van der Waals surface area (Å²) in [5.74, 6) is 0. The van der Waals surface area contributed by atoms with Gasteiger partial charge in [0.05, 0.1) is 6.07 Å². The van der Waals surface area contributed by atoms with Crippen LogP contribution in [0.15, 0.2) is 0 Å². The quantitative estimate of drug-likeness (QED) is 0.801. The third-order valence-electron chi connectivity index (χ3n) is 2.79. The predicted octanol–water partition coefficient (Wildman–Crippen LogP) is 2.74. The van der Waals surface area contributed by atoms with Crippen molar-refractivity contribution in [3.05, 3.63) is 0 Å². The SMILES string of the molecule is CC(C)(C)OC(=O)NC1(CCC#N)CCC1. The van der Waals surface area contributed by atoms with Gasteiger partial charge in [-0.15, -0.1) is 0 Å². The topological polar surface area (TPSA) is 62.1 Å². The van der Waals surface area contributed by atoms with Crippen LogP contribution in [0.2, 0.25) is 0 Å². The molecule has 1 N–H and O–H groups in total. The lowest BCUT2D eigenvalue weighted by Gasteiger charge is -2.42. The molecule has 1 aliphatic rings. The van der Waals surface area contributed by atoms with Gasteiger partial charge in [0.1, 0.15) is 5.60 Å². The molecule has 90 valence electrons. The Morgan fingerprint density at radius 3 is 2.50 bits per heavy atom. The third-order valence-corrected chi connectivity index (χ3v) is 2.79. The van der Waals surface area contributed by atoms with Gasteiger partial charge in [-0.2, -0.15) is 5.26 Å². The number of nitrogens with zero attached hydrogens (tertiary/aromatic N) is 1. The van der Waals surface area contributed by atoms with Crippen molar-refractivity contribution in [1.29, 1.82) is 5.26 Å². The van der Waals surface area contributed by atoms with E-state index in [1.54, 1.807) is 0 Å². The van der Waals surface area contributed by atoms with E-state index in [-0.39, 0.29) is 11.6 Å². The van der Waals surface area contributed by atoms with Gasteiger partial charge in [-0.05, 0) is 46.5 Å². The minimum atomic E-state index is -0.468. The first kappa shape index (κ1) is 12.8. The van der Waals surface area contributed by atoms with Crippen LogP contribution in [0, 0.1) is 11.3 Å². The number of hydrogen-bond acceptors (Lipinski definition) is 3. The molecular weight excluding hydrogens is 204 g/mol. The van der Waals surface area contributed by atoms with Crippen molar-refractivity contribution in [3.63, 3.8) is 0 Å². The number of carbonyl (C=O) groups is 1. The van der Waals surface area contributed by atoms with E-state index in [4.69, 9.17) is 10.00 Å². The highest BCUT2D eigenvalue weighted by molar-refractivity contribution is 5.69. The zero-order chi connectivity index (χ0) is 12.2. The number of amides is 1. The van der Waals surface area contributed by atoms with E-state index in [0.717, 1.165) is 25.7 Å². The molecule has 1 rings (SSSR count). The molecule has 0 aromatic heterocycles. The average molecular weight is 224 g/mol. The van der Waals surface area contributed by atoms with Gasteiger partial charge in [0.25, 0.3) is 0 Å². The van der Waals surface area contributed by atoms with E-state index in [1.165, 1.54) is 0 Å². The molecule has 0 aromatic rings. The number of nitriles is 1. The van der Waals surface area contributed by atoms with Crippen molar-refractivity contribution >= 4 is 6.09 Å². The van der Waals surface area contributed by atoms with Gasteiger partial charge in [0.15, 0.2) is 0 Å². The Kier molecular flexibility index (Phi) is 3.79. The fourth-order valence-corrected chi connectivity index (χ4v) is 1.86. The van der Waals surface area contributed by atoms with Crippen molar-refractivity contribution in [3.8, 4) is 6.07 Å². The summed E-state index contributed by atoms with van der Waals surface area (Å²) in [7, 11) is 0. The highest BCUT2D eigenvalue weighted by Crippen LogP contribution is 2.36. The van der Waals surface area contributed by atoms with E-state index < -0.39 is 5.60 Å². The molecule has 0 bridgehead atoms. The molecule has 4 heteroatoms. The Hall–Kier alpha value is -1.24. The first-order valence-corrected chi connectivity index (χ1v) is 5.75. The lowest BCUT2D eigenvalue weighted by Crippen LogP contribution is -2.54. The molecule has 4 nitrogen and oxygen atoms in total. The molecule has 1 fully saturated rings. The molecule has 0 aromatic carbocycles. The minimum Gasteiger partial charge on any atom is -0.444 e. The van der Waals surface area contributed by atoms with Gasteiger partial charge in [-0.25, -0.2) is 4.79 Å². The lowest BCUT2D eigenvalue weighted by molar-refractivity contribution is 0.0373. The summed E-state index contributed by atoms with van der Waals surface area (Å²) in [6, 6.07) is 2.12. The smallest absolute Gasteiger partial charge is 0.408 e. The van der Waals surface area contributed by atoms with Crippen molar-refractivity contribution < 1.29 is 9.53 Å². The highest BCUT2D eigenvalue weighted by Gasteiger charge is 2.38. The second-order valence-electron chi connectivity index (χ2n) is 5.42. The van der Waals surface area contributed by atoms with Gasteiger partial charge in [0.2, 0.25) is 0 Å². The highest BCUT2D eigenvalue weighted by atomic mass is 16.6. The third kappa shape index (κ3) is 3.73. The molecule has 1 saturated carbocycles. The summed E-state index contributed by atoms with van der Waals surface area (Å²) < 4.78 is 5.22. The molecular formula is C12H20N2O2. The average Bonchev–Trinajstić information content (AvgIpc) is 2.06. The summed E-state index contributed by atoms with van der Waals surface area (Å²) >= 11 is 0. The fraction of sp³-hybridized carbons (Fsp3) is 0.833. The number of rotatable bonds is 3. The molecule has 0 unspecified atom stereocenters. The molecule has 0 atom stereocenters. The van der Waals surface area contributed by atoms with Crippen molar-refractivity contribution in [2.45, 2.75) is 64.0 Å². The molecule has 1 amide bonds. The Balaban J connectivity index is 2.44. The Labute approximate surface area is 97.0 Å². The molecule has 0 heterocycles. The summed E-state index contributed by atoms with van der Waals surface area (Å²) in [5, 5.41) is 11.5. The number of ether oxygens (including phenoxy) is 1. The first-order chi connectivity index (χ1) is 7.37. The van der Waals surface area contributed by atoms with Gasteiger partial charge < -0.3 is 10.1 Å². The molecule has 0 spiro atoms. The minimum absolute atomic E-state index is 0.182. The van der Waals surface area contributed by atoms with Crippen molar-refractivity contribution in [1.82, 2.24) is 5.32 Å². The maximum absolute atomic E-state index is 11.6. The van der Waals surface area contributed by atoms with Crippen molar-refractivity contribution in [2.24, 2.45) is 0 Å². The number of hydrogen-bond donors (Lipinski definition) is 1. The van der Waals surface area contributed by atoms with Gasteiger partial charge in [-0.3, -0.25) is 0 Å². The van der Waals surface area contributed by atoms with E-state index in [1.807, 2.05) is 20.8 Å². The Morgan fingerprint density at radius 2 is 2.12 bits per heavy atom. The van der Waals surface area contributed by atoms with Gasteiger partial charge >= 0.3 is 6.09 Å². The van der Waals surface area contributed by atoms with E-state index in [9.17, 15) is 4.79 Å². The van der Waals surface area contributed by atoms with Gasteiger partial charge in [-0.1, -0.05) is 0 Å². The Bertz CT molecular complexity index is 295. The van der Waals surface area contributed by atoms with Crippen molar-refractivity contribution in [2.75, 3.05) is 0 Å². The van der Waals surface area contributed by atoms with Crippen LogP contribution in [0.25, 0.3) is 0 Å². The normalized spacial score (nSPS) is 18.1. The molecule has 1 aliphatic carbocycles. The van der Waals surface area contributed by atoms with Crippen LogP contribution in [-0.2, 0) is 4.74 Å². The largest absolute Gasteiger partial charge is 0.444 e. The standard InChI is InChI=1S/C12H20N2O2/c1-11(2,3)16-10(15)14-12(6-4-7-12)8-5-9-13/h4-8H2,1-3H3,(H,14,15). The van der Waals surface area contributed by atoms with Gasteiger partial charge in [0, 0.05) is 12.0 Å². The molecule has 16 heavy (non-hydrogen) atoms. The zero-order valence-electron chi connectivity index (χ0n) is 10.3. The van der Waals surface area contributed by atoms with Crippen LogP contribution in [-0.4, -0.2) is 17.2 Å². The summed E-state index contributed by atoms with van der Waals surface area (Å²) in [4.78, 5) is 11.6. The van der Waals surface area contributed by atoms with Crippen LogP contribution in [0.4, 0.5) is 4.79 Å². The summed E-state index contributed by atoms with van der Waals surface area (Å²) in [6.45, 7) is 5.53. The first-order valence-electron chi connectivity index (χ1n) is 5.75. The number of nitrogens with one attached hydrogen (secondary N) is 1. The van der Waals surface area contributed by atoms with E-state index in [2.05, 4.69) is 11.4 Å². The van der Waals surface area contributed by atoms with E-state index >= 15 is 0 Å². The monoisotopic (exact) mass is 224 g/mol. The molecule has 0 aliphatic heterocycles. The second-order valence-corrected chi connectivity index (χ2v) is 5.42. The summed E-state index contributed by atoms with van der Waals surface area (Å²) in [5.41, 5.74) is -0.650.